The van der Waals surface area contributed by atoms with Crippen LogP contribution in [0.1, 0.15) is 37.6 Å². The molecule has 0 bridgehead atoms. The summed E-state index contributed by atoms with van der Waals surface area (Å²) in [6.45, 7) is 12.0. The highest BCUT2D eigenvalue weighted by molar-refractivity contribution is 5.94. The highest BCUT2D eigenvalue weighted by atomic mass is 16.6. The van der Waals surface area contributed by atoms with Crippen LogP contribution in [0.25, 0.3) is 0 Å². The Kier molecular flexibility index (Phi) is 23.9. The predicted molar refractivity (Wildman–Crippen MR) is 169 cm³/mol. The predicted octanol–water partition coefficient (Wildman–Crippen LogP) is 1.52. The molecule has 2 amide bonds. The van der Waals surface area contributed by atoms with Gasteiger partial charge in [-0.15, -0.1) is 0 Å². The smallest absolute Gasteiger partial charge is 0.426 e. The van der Waals surface area contributed by atoms with Crippen LogP contribution >= 0.6 is 0 Å². The van der Waals surface area contributed by atoms with Crippen molar-refractivity contribution >= 4 is 23.8 Å². The number of hydrogen-bond donors (Lipinski definition) is 4. The van der Waals surface area contributed by atoms with Crippen LogP contribution in [0.3, 0.4) is 0 Å². The number of nitrogens with one attached hydrogen (secondary N) is 2. The minimum atomic E-state index is -1.14. The molecule has 1 rings (SSSR count). The fraction of sp³-hybridized carbons (Fsp3) is 0.733. The fourth-order valence-electron chi connectivity index (χ4n) is 3.35. The summed E-state index contributed by atoms with van der Waals surface area (Å²) in [5, 5.41) is 21.6. The van der Waals surface area contributed by atoms with Crippen LogP contribution in [0.15, 0.2) is 18.3 Å². The second-order valence-corrected chi connectivity index (χ2v) is 10.6. The van der Waals surface area contributed by atoms with Gasteiger partial charge in [-0.1, -0.05) is 0 Å². The van der Waals surface area contributed by atoms with Crippen molar-refractivity contribution in [3.05, 3.63) is 23.9 Å². The molecule has 1 aromatic heterocycles. The Bertz CT molecular complexity index is 964. The van der Waals surface area contributed by atoms with Crippen molar-refractivity contribution in [2.75, 3.05) is 118 Å². The lowest BCUT2D eigenvalue weighted by molar-refractivity contribution is -0.138. The molecule has 0 atom stereocenters. The van der Waals surface area contributed by atoms with Gasteiger partial charge in [0, 0.05) is 12.7 Å². The fourth-order valence-corrected chi connectivity index (χ4v) is 3.35. The summed E-state index contributed by atoms with van der Waals surface area (Å²) in [5.74, 6) is -0.896. The summed E-state index contributed by atoms with van der Waals surface area (Å²) < 4.78 is 43.0. The lowest BCUT2D eigenvalue weighted by Crippen LogP contribution is -2.48. The number of amides is 2. The zero-order valence-electron chi connectivity index (χ0n) is 27.7. The van der Waals surface area contributed by atoms with E-state index in [-0.39, 0.29) is 18.9 Å². The van der Waals surface area contributed by atoms with Crippen LogP contribution in [0.4, 0.5) is 10.6 Å². The van der Waals surface area contributed by atoms with E-state index < -0.39 is 17.6 Å². The van der Waals surface area contributed by atoms with E-state index in [0.717, 1.165) is 5.01 Å². The monoisotopic (exact) mass is 676 g/mol. The van der Waals surface area contributed by atoms with Crippen LogP contribution in [-0.2, 0) is 42.7 Å². The third-order valence-corrected chi connectivity index (χ3v) is 5.71. The van der Waals surface area contributed by atoms with Crippen LogP contribution in [0.2, 0.25) is 0 Å². The van der Waals surface area contributed by atoms with Gasteiger partial charge in [0.2, 0.25) is 0 Å². The van der Waals surface area contributed by atoms with Gasteiger partial charge in [-0.3, -0.25) is 15.0 Å². The van der Waals surface area contributed by atoms with Crippen LogP contribution in [0, 0.1) is 0 Å². The number of hydrogen-bond acceptors (Lipinski definition) is 13. The number of pyridine rings is 1. The third kappa shape index (κ3) is 23.8. The van der Waals surface area contributed by atoms with Crippen LogP contribution in [0.5, 0.6) is 0 Å². The summed E-state index contributed by atoms with van der Waals surface area (Å²) >= 11 is 0. The van der Waals surface area contributed by atoms with Crippen LogP contribution in [-0.4, -0.2) is 156 Å². The number of carbonyl (C=O) groups excluding carboxylic acids is 1. The molecule has 270 valence electrons. The minimum absolute atomic E-state index is 0.0140. The number of aromatic nitrogens is 1. The Morgan fingerprint density at radius 2 is 1.06 bits per heavy atom. The summed E-state index contributed by atoms with van der Waals surface area (Å²) in [5.41, 5.74) is 2.38. The first-order valence-corrected chi connectivity index (χ1v) is 15.5. The standard InChI is InChI=1S/C30H52N4O13/c1-30(2,3)34(29(38)39)33-26-5-4-25(24-32-26)28(37)31-7-9-41-11-13-43-15-17-45-19-21-47-23-22-46-20-18-44-16-14-42-12-10-40-8-6-27(35)36/h4-5,24H,6-23H2,1-3H3,(H,31,37)(H,32,33)(H,35,36)(H,38,39). The zero-order valence-corrected chi connectivity index (χ0v) is 27.7. The molecule has 17 heteroatoms. The molecule has 1 heterocycles. The molecule has 0 aliphatic carbocycles. The van der Waals surface area contributed by atoms with Crippen molar-refractivity contribution in [2.24, 2.45) is 0 Å². The van der Waals surface area contributed by atoms with Gasteiger partial charge in [0.05, 0.1) is 123 Å². The minimum Gasteiger partial charge on any atom is -0.481 e. The maximum Gasteiger partial charge on any atom is 0.426 e. The van der Waals surface area contributed by atoms with E-state index in [1.54, 1.807) is 26.8 Å². The largest absolute Gasteiger partial charge is 0.481 e. The maximum atomic E-state index is 12.3. The number of carboxylic acids is 1. The molecule has 0 aromatic carbocycles. The molecule has 0 radical (unpaired) electrons. The highest BCUT2D eigenvalue weighted by Crippen LogP contribution is 2.15. The topological polar surface area (TPSA) is 206 Å². The average Bonchev–Trinajstić information content (AvgIpc) is 3.02. The molecule has 0 aliphatic heterocycles. The Hall–Kier alpha value is -3.16. The van der Waals surface area contributed by atoms with E-state index in [9.17, 15) is 19.5 Å². The Morgan fingerprint density at radius 1 is 0.660 bits per heavy atom. The molecule has 1 aromatic rings. The van der Waals surface area contributed by atoms with Gasteiger partial charge in [0.1, 0.15) is 5.82 Å². The first-order chi connectivity index (χ1) is 22.6. The Labute approximate surface area is 276 Å². The molecule has 0 fully saturated rings. The molecule has 0 saturated heterocycles. The quantitative estimate of drug-likeness (QED) is 0.0673. The van der Waals surface area contributed by atoms with Gasteiger partial charge >= 0.3 is 12.1 Å². The van der Waals surface area contributed by atoms with Crippen molar-refractivity contribution in [1.29, 1.82) is 0 Å². The van der Waals surface area contributed by atoms with Gasteiger partial charge in [0.15, 0.2) is 0 Å². The highest BCUT2D eigenvalue weighted by Gasteiger charge is 2.26. The summed E-state index contributed by atoms with van der Waals surface area (Å²) in [6.07, 6.45) is 0.213. The number of nitrogens with zero attached hydrogens (tertiary/aromatic N) is 2. The number of aliphatic carboxylic acids is 1. The lowest BCUT2D eigenvalue weighted by Gasteiger charge is -2.33. The van der Waals surface area contributed by atoms with Crippen molar-refractivity contribution in [1.82, 2.24) is 15.3 Å². The Morgan fingerprint density at radius 3 is 1.40 bits per heavy atom. The molecule has 0 spiro atoms. The third-order valence-electron chi connectivity index (χ3n) is 5.71. The van der Waals surface area contributed by atoms with E-state index in [0.29, 0.717) is 117 Å². The van der Waals surface area contributed by atoms with Gasteiger partial charge in [-0.2, -0.15) is 0 Å². The Balaban J connectivity index is 1.84. The van der Waals surface area contributed by atoms with Crippen molar-refractivity contribution < 1.29 is 62.5 Å². The summed E-state index contributed by atoms with van der Waals surface area (Å²) in [4.78, 5) is 38.2. The second-order valence-electron chi connectivity index (χ2n) is 10.6. The van der Waals surface area contributed by atoms with E-state index in [2.05, 4.69) is 15.7 Å². The SMILES string of the molecule is CC(C)(C)N(Nc1ccc(C(=O)NCCOCCOCCOCCOCCOCCOCCOCCOCCC(=O)O)cn1)C(=O)O. The molecule has 0 aliphatic rings. The number of anilines is 1. The van der Waals surface area contributed by atoms with Crippen LogP contribution < -0.4 is 10.7 Å². The molecular formula is C30H52N4O13. The van der Waals surface area contributed by atoms with E-state index >= 15 is 0 Å². The van der Waals surface area contributed by atoms with Crippen molar-refractivity contribution in [3.63, 3.8) is 0 Å². The lowest BCUT2D eigenvalue weighted by atomic mass is 10.1. The van der Waals surface area contributed by atoms with Crippen molar-refractivity contribution in [3.8, 4) is 0 Å². The number of carboxylic acid groups (broad SMARTS) is 2. The van der Waals surface area contributed by atoms with E-state index in [4.69, 9.17) is 43.0 Å². The maximum absolute atomic E-state index is 12.3. The molecule has 47 heavy (non-hydrogen) atoms. The number of ether oxygens (including phenoxy) is 8. The van der Waals surface area contributed by atoms with E-state index in [1.165, 1.54) is 12.3 Å². The average molecular weight is 677 g/mol. The zero-order chi connectivity index (χ0) is 34.6. The first kappa shape index (κ1) is 41.9. The first-order valence-electron chi connectivity index (χ1n) is 15.5. The van der Waals surface area contributed by atoms with Gasteiger partial charge in [-0.25, -0.2) is 14.8 Å². The molecular weight excluding hydrogens is 624 g/mol. The summed E-state index contributed by atoms with van der Waals surface area (Å²) in [6, 6.07) is 3.09. The van der Waals surface area contributed by atoms with Gasteiger partial charge < -0.3 is 53.4 Å². The van der Waals surface area contributed by atoms with Crippen molar-refractivity contribution in [2.45, 2.75) is 32.7 Å². The second kappa shape index (κ2) is 26.9. The number of rotatable bonds is 30. The normalized spacial score (nSPS) is 11.4. The van der Waals surface area contributed by atoms with Gasteiger partial charge in [0.25, 0.3) is 5.91 Å². The van der Waals surface area contributed by atoms with Gasteiger partial charge in [-0.05, 0) is 32.9 Å². The molecule has 0 unspecified atom stereocenters. The molecule has 0 saturated carbocycles. The molecule has 4 N–H and O–H groups in total. The number of hydrazine groups is 1. The molecule has 17 nitrogen and oxygen atoms in total. The number of carbonyl (C=O) groups is 3. The van der Waals surface area contributed by atoms with E-state index in [1.807, 2.05) is 0 Å². The summed E-state index contributed by atoms with van der Waals surface area (Å²) in [7, 11) is 0.